The Morgan fingerprint density at radius 3 is 1.61 bits per heavy atom. The fourth-order valence-electron chi connectivity index (χ4n) is 9.12. The summed E-state index contributed by atoms with van der Waals surface area (Å²) in [6, 6.07) is 84.7. The van der Waals surface area contributed by atoms with E-state index in [4.69, 9.17) is 19.4 Å². The van der Waals surface area contributed by atoms with Crippen LogP contribution in [0.2, 0.25) is 0 Å². The van der Waals surface area contributed by atoms with Crippen molar-refractivity contribution in [2.24, 2.45) is 0 Å². The third-order valence-electron chi connectivity index (χ3n) is 12.3. The highest BCUT2D eigenvalue weighted by Gasteiger charge is 2.20. The minimum absolute atomic E-state index is 0.607. The third kappa shape index (κ3) is 7.25. The molecule has 0 spiro atoms. The first-order chi connectivity index (χ1) is 32.7. The van der Waals surface area contributed by atoms with Gasteiger partial charge >= 0.3 is 0 Å². The summed E-state index contributed by atoms with van der Waals surface area (Å²) in [5.41, 5.74) is 14.3. The van der Waals surface area contributed by atoms with E-state index in [-0.39, 0.29) is 0 Å². The van der Waals surface area contributed by atoms with Gasteiger partial charge in [0.15, 0.2) is 17.5 Å². The summed E-state index contributed by atoms with van der Waals surface area (Å²) in [7, 11) is 0. The summed E-state index contributed by atoms with van der Waals surface area (Å²) < 4.78 is 6.77. The predicted molar refractivity (Wildman–Crippen MR) is 272 cm³/mol. The van der Waals surface area contributed by atoms with Gasteiger partial charge in [0.2, 0.25) is 0 Å². The fraction of sp³-hybridized carbons (Fsp3) is 0. The van der Waals surface area contributed by atoms with Crippen molar-refractivity contribution in [1.29, 1.82) is 0 Å². The maximum atomic E-state index is 6.77. The largest absolute Gasteiger partial charge is 0.456 e. The number of hydrogen-bond donors (Lipinski definition) is 0. The molecule has 0 bridgehead atoms. The van der Waals surface area contributed by atoms with Crippen molar-refractivity contribution in [1.82, 2.24) is 15.0 Å². The molecule has 12 rings (SSSR count). The lowest BCUT2D eigenvalue weighted by Gasteiger charge is -2.26. The predicted octanol–water partition coefficient (Wildman–Crippen LogP) is 16.4. The molecular formula is C61H40N4O. The molecule has 5 nitrogen and oxygen atoms in total. The van der Waals surface area contributed by atoms with E-state index < -0.39 is 0 Å². The van der Waals surface area contributed by atoms with Crippen LogP contribution in [0.1, 0.15) is 0 Å². The monoisotopic (exact) mass is 844 g/mol. The second-order valence-electron chi connectivity index (χ2n) is 16.4. The van der Waals surface area contributed by atoms with Crippen LogP contribution < -0.4 is 4.90 Å². The molecule has 0 unspecified atom stereocenters. The molecule has 0 aliphatic rings. The first kappa shape index (κ1) is 38.7. The summed E-state index contributed by atoms with van der Waals surface area (Å²) in [4.78, 5) is 17.6. The highest BCUT2D eigenvalue weighted by molar-refractivity contribution is 6.13. The fourth-order valence-corrected chi connectivity index (χ4v) is 9.12. The molecule has 2 heterocycles. The van der Waals surface area contributed by atoms with Crippen molar-refractivity contribution in [3.05, 3.63) is 243 Å². The highest BCUT2D eigenvalue weighted by atomic mass is 16.3. The van der Waals surface area contributed by atoms with Crippen molar-refractivity contribution >= 4 is 49.8 Å². The first-order valence-electron chi connectivity index (χ1n) is 22.2. The third-order valence-corrected chi connectivity index (χ3v) is 12.3. The molecule has 0 amide bonds. The lowest BCUT2D eigenvalue weighted by Crippen LogP contribution is -2.10. The molecular weight excluding hydrogens is 805 g/mol. The normalized spacial score (nSPS) is 11.3. The lowest BCUT2D eigenvalue weighted by atomic mass is 9.97. The number of aromatic nitrogens is 3. The molecule has 2 aromatic heterocycles. The van der Waals surface area contributed by atoms with E-state index in [1.165, 1.54) is 16.7 Å². The number of hydrogen-bond acceptors (Lipinski definition) is 5. The minimum Gasteiger partial charge on any atom is -0.456 e. The van der Waals surface area contributed by atoms with E-state index in [9.17, 15) is 0 Å². The van der Waals surface area contributed by atoms with Crippen molar-refractivity contribution in [2.75, 3.05) is 4.90 Å². The Hall–Kier alpha value is -8.93. The summed E-state index contributed by atoms with van der Waals surface area (Å²) >= 11 is 0. The number of fused-ring (bicyclic) bond motifs is 4. The van der Waals surface area contributed by atoms with Gasteiger partial charge in [-0.05, 0) is 92.7 Å². The van der Waals surface area contributed by atoms with Crippen molar-refractivity contribution in [2.45, 2.75) is 0 Å². The average Bonchev–Trinajstić information content (AvgIpc) is 3.78. The van der Waals surface area contributed by atoms with E-state index in [2.05, 4.69) is 217 Å². The minimum atomic E-state index is 0.607. The van der Waals surface area contributed by atoms with Crippen molar-refractivity contribution in [3.8, 4) is 67.5 Å². The Morgan fingerprint density at radius 1 is 0.288 bits per heavy atom. The van der Waals surface area contributed by atoms with Gasteiger partial charge < -0.3 is 9.32 Å². The summed E-state index contributed by atoms with van der Waals surface area (Å²) in [6.07, 6.45) is 0. The number of anilines is 3. The Kier molecular flexibility index (Phi) is 9.77. The van der Waals surface area contributed by atoms with Crippen molar-refractivity contribution in [3.63, 3.8) is 0 Å². The highest BCUT2D eigenvalue weighted by Crippen LogP contribution is 2.43. The standard InChI is InChI=1S/C61H40N4O/c1-4-16-41(17-5-1)43-32-34-49(35-33-43)65(50-27-13-24-46(39-50)42-18-6-2-7-19-42)51-36-37-55-57(40-51)66-56-31-15-29-53(58(55)56)47-25-12-26-48(38-47)60-62-59(45-21-8-3-9-22-45)63-61(64-60)54-30-14-23-44-20-10-11-28-52(44)54/h1-40H. The zero-order valence-electron chi connectivity index (χ0n) is 35.8. The van der Waals surface area contributed by atoms with Crippen LogP contribution in [0.15, 0.2) is 247 Å². The van der Waals surface area contributed by atoms with Crippen LogP contribution in [0.3, 0.4) is 0 Å². The number of furan rings is 1. The molecule has 0 fully saturated rings. The second kappa shape index (κ2) is 16.6. The molecule has 0 aliphatic carbocycles. The van der Waals surface area contributed by atoms with Gasteiger partial charge in [-0.1, -0.05) is 188 Å². The van der Waals surface area contributed by atoms with Crippen LogP contribution in [0, 0.1) is 0 Å². The summed E-state index contributed by atoms with van der Waals surface area (Å²) in [5.74, 6) is 1.86. The van der Waals surface area contributed by atoms with Gasteiger partial charge in [0.1, 0.15) is 11.2 Å². The molecule has 10 aromatic carbocycles. The molecule has 0 saturated heterocycles. The number of nitrogens with zero attached hydrogens (tertiary/aromatic N) is 4. The van der Waals surface area contributed by atoms with Crippen LogP contribution in [0.4, 0.5) is 17.1 Å². The molecule has 5 heteroatoms. The van der Waals surface area contributed by atoms with Gasteiger partial charge in [-0.25, -0.2) is 15.0 Å². The van der Waals surface area contributed by atoms with Gasteiger partial charge in [0.05, 0.1) is 0 Å². The average molecular weight is 845 g/mol. The van der Waals surface area contributed by atoms with Crippen LogP contribution in [-0.4, -0.2) is 15.0 Å². The Bertz CT molecular complexity index is 3690. The topological polar surface area (TPSA) is 55.1 Å². The molecule has 310 valence electrons. The molecule has 0 aliphatic heterocycles. The first-order valence-corrected chi connectivity index (χ1v) is 22.2. The van der Waals surface area contributed by atoms with Gasteiger partial charge in [0, 0.05) is 50.6 Å². The molecule has 0 radical (unpaired) electrons. The second-order valence-corrected chi connectivity index (χ2v) is 16.4. The van der Waals surface area contributed by atoms with Crippen LogP contribution in [0.5, 0.6) is 0 Å². The molecule has 0 N–H and O–H groups in total. The zero-order valence-corrected chi connectivity index (χ0v) is 35.8. The van der Waals surface area contributed by atoms with Gasteiger partial charge in [-0.15, -0.1) is 0 Å². The zero-order chi connectivity index (χ0) is 43.8. The van der Waals surface area contributed by atoms with Gasteiger partial charge in [-0.3, -0.25) is 0 Å². The number of rotatable bonds is 9. The summed E-state index contributed by atoms with van der Waals surface area (Å²) in [6.45, 7) is 0. The Morgan fingerprint density at radius 2 is 0.818 bits per heavy atom. The van der Waals surface area contributed by atoms with E-state index in [1.807, 2.05) is 30.3 Å². The molecule has 0 saturated carbocycles. The quantitative estimate of drug-likeness (QED) is 0.145. The smallest absolute Gasteiger partial charge is 0.164 e. The maximum Gasteiger partial charge on any atom is 0.164 e. The Balaban J connectivity index is 0.963. The van der Waals surface area contributed by atoms with E-state index in [0.29, 0.717) is 17.5 Å². The molecule has 0 atom stereocenters. The maximum absolute atomic E-state index is 6.77. The molecule has 66 heavy (non-hydrogen) atoms. The SMILES string of the molecule is c1ccc(-c2ccc(N(c3cccc(-c4ccccc4)c3)c3ccc4c(c3)oc3cccc(-c5cccc(-c6nc(-c7ccccc7)nc(-c7cccc8ccccc78)n6)c5)c34)cc2)cc1. The van der Waals surface area contributed by atoms with E-state index in [0.717, 1.165) is 83.2 Å². The van der Waals surface area contributed by atoms with E-state index >= 15 is 0 Å². The van der Waals surface area contributed by atoms with Crippen LogP contribution in [0.25, 0.3) is 100 Å². The van der Waals surface area contributed by atoms with Crippen LogP contribution in [-0.2, 0) is 0 Å². The van der Waals surface area contributed by atoms with Gasteiger partial charge in [-0.2, -0.15) is 0 Å². The molecule has 12 aromatic rings. The number of benzene rings is 10. The van der Waals surface area contributed by atoms with Crippen LogP contribution >= 0.6 is 0 Å². The van der Waals surface area contributed by atoms with Gasteiger partial charge in [0.25, 0.3) is 0 Å². The lowest BCUT2D eigenvalue weighted by molar-refractivity contribution is 0.669. The summed E-state index contributed by atoms with van der Waals surface area (Å²) in [5, 5.41) is 4.32. The Labute approximate surface area is 382 Å². The van der Waals surface area contributed by atoms with Crippen molar-refractivity contribution < 1.29 is 4.42 Å². The van der Waals surface area contributed by atoms with E-state index in [1.54, 1.807) is 0 Å².